The van der Waals surface area contributed by atoms with Crippen molar-refractivity contribution in [1.82, 2.24) is 10.6 Å². The van der Waals surface area contributed by atoms with Gasteiger partial charge < -0.3 is 0 Å². The summed E-state index contributed by atoms with van der Waals surface area (Å²) in [5.41, 5.74) is -1.36. The normalized spacial score (nSPS) is 21.3. The van der Waals surface area contributed by atoms with Crippen molar-refractivity contribution < 1.29 is 14.4 Å². The van der Waals surface area contributed by atoms with Gasteiger partial charge in [0.2, 0.25) is 11.8 Å². The minimum absolute atomic E-state index is 0.168. The molecule has 0 aromatic carbocycles. The van der Waals surface area contributed by atoms with Gasteiger partial charge in [-0.1, -0.05) is 41.0 Å². The van der Waals surface area contributed by atoms with Crippen LogP contribution in [0.5, 0.6) is 0 Å². The monoisotopic (exact) mass is 254 g/mol. The largest absolute Gasteiger partial charge is 0.328 e. The van der Waals surface area contributed by atoms with Crippen molar-refractivity contribution in [2.75, 3.05) is 0 Å². The van der Waals surface area contributed by atoms with Gasteiger partial charge in [-0.15, -0.1) is 0 Å². The number of carbonyl (C=O) groups is 3. The Balaban J connectivity index is 3.25. The fourth-order valence-corrected chi connectivity index (χ4v) is 2.53. The van der Waals surface area contributed by atoms with E-state index in [1.54, 1.807) is 0 Å². The van der Waals surface area contributed by atoms with Gasteiger partial charge in [0, 0.05) is 0 Å². The molecule has 0 spiro atoms. The van der Waals surface area contributed by atoms with Crippen molar-refractivity contribution in [2.24, 2.45) is 16.7 Å². The van der Waals surface area contributed by atoms with Gasteiger partial charge in [-0.2, -0.15) is 0 Å². The Kier molecular flexibility index (Phi) is 3.84. The molecular weight excluding hydrogens is 232 g/mol. The minimum atomic E-state index is -1.15. The molecule has 1 aliphatic heterocycles. The van der Waals surface area contributed by atoms with E-state index < -0.39 is 23.3 Å². The molecule has 1 saturated heterocycles. The second-order valence-corrected chi connectivity index (χ2v) is 6.05. The number of urea groups is 1. The van der Waals surface area contributed by atoms with E-state index in [1.807, 2.05) is 34.6 Å². The Morgan fingerprint density at radius 2 is 1.56 bits per heavy atom. The van der Waals surface area contributed by atoms with Crippen LogP contribution in [0, 0.1) is 16.7 Å². The standard InChI is InChI=1S/C13H22N2O3/c1-6-7-13(8(2)12(3,4)5)9(16)14-11(18)15-10(13)17/h8H,6-7H2,1-5H3,(H2,14,15,16,17,18)/t8-/m0/s1. The maximum Gasteiger partial charge on any atom is 0.328 e. The van der Waals surface area contributed by atoms with Gasteiger partial charge in [-0.25, -0.2) is 4.79 Å². The molecule has 0 aromatic heterocycles. The molecule has 1 aliphatic rings. The summed E-state index contributed by atoms with van der Waals surface area (Å²) < 4.78 is 0. The van der Waals surface area contributed by atoms with Crippen LogP contribution in [-0.2, 0) is 9.59 Å². The van der Waals surface area contributed by atoms with E-state index in [-0.39, 0.29) is 11.3 Å². The highest BCUT2D eigenvalue weighted by atomic mass is 16.2. The molecule has 1 heterocycles. The van der Waals surface area contributed by atoms with Crippen molar-refractivity contribution in [3.63, 3.8) is 0 Å². The van der Waals surface area contributed by atoms with Crippen molar-refractivity contribution >= 4 is 17.8 Å². The molecule has 1 rings (SSSR count). The van der Waals surface area contributed by atoms with Gasteiger partial charge in [0.15, 0.2) is 0 Å². The lowest BCUT2D eigenvalue weighted by Gasteiger charge is -2.44. The van der Waals surface area contributed by atoms with E-state index in [0.29, 0.717) is 12.8 Å². The van der Waals surface area contributed by atoms with E-state index in [9.17, 15) is 14.4 Å². The first-order chi connectivity index (χ1) is 8.16. The molecule has 0 bridgehead atoms. The van der Waals surface area contributed by atoms with Gasteiger partial charge in [0.05, 0.1) is 0 Å². The van der Waals surface area contributed by atoms with Crippen molar-refractivity contribution in [2.45, 2.75) is 47.5 Å². The first-order valence-electron chi connectivity index (χ1n) is 6.33. The molecule has 0 saturated carbocycles. The summed E-state index contributed by atoms with van der Waals surface area (Å²) in [5, 5.41) is 4.46. The SMILES string of the molecule is CCCC1([C@@H](C)C(C)(C)C)C(=O)NC(=O)NC1=O. The van der Waals surface area contributed by atoms with E-state index in [1.165, 1.54) is 0 Å². The highest BCUT2D eigenvalue weighted by molar-refractivity contribution is 6.19. The Bertz CT molecular complexity index is 362. The highest BCUT2D eigenvalue weighted by Gasteiger charge is 2.55. The Morgan fingerprint density at radius 3 is 1.89 bits per heavy atom. The Labute approximate surface area is 108 Å². The minimum Gasteiger partial charge on any atom is -0.277 e. The molecule has 0 aromatic rings. The Hall–Kier alpha value is -1.39. The maximum absolute atomic E-state index is 12.2. The number of hydrogen-bond donors (Lipinski definition) is 2. The summed E-state index contributed by atoms with van der Waals surface area (Å²) in [6.07, 6.45) is 1.14. The first-order valence-corrected chi connectivity index (χ1v) is 6.33. The number of rotatable bonds is 3. The van der Waals surface area contributed by atoms with Gasteiger partial charge in [-0.3, -0.25) is 20.2 Å². The zero-order valence-corrected chi connectivity index (χ0v) is 11.7. The molecule has 0 unspecified atom stereocenters. The van der Waals surface area contributed by atoms with Crippen LogP contribution in [0.1, 0.15) is 47.5 Å². The Morgan fingerprint density at radius 1 is 1.11 bits per heavy atom. The molecule has 0 aliphatic carbocycles. The van der Waals surface area contributed by atoms with Gasteiger partial charge in [0.25, 0.3) is 0 Å². The first kappa shape index (κ1) is 14.7. The second-order valence-electron chi connectivity index (χ2n) is 6.05. The fourth-order valence-electron chi connectivity index (χ4n) is 2.53. The average molecular weight is 254 g/mol. The average Bonchev–Trinajstić information content (AvgIpc) is 2.21. The van der Waals surface area contributed by atoms with Gasteiger partial charge >= 0.3 is 6.03 Å². The van der Waals surface area contributed by atoms with Crippen molar-refractivity contribution in [3.8, 4) is 0 Å². The van der Waals surface area contributed by atoms with Crippen LogP contribution in [0.4, 0.5) is 4.79 Å². The third-order valence-electron chi connectivity index (χ3n) is 3.95. The van der Waals surface area contributed by atoms with Crippen LogP contribution < -0.4 is 10.6 Å². The molecule has 5 nitrogen and oxygen atoms in total. The summed E-state index contributed by atoms with van der Waals surface area (Å²) in [5.74, 6) is -1.11. The fraction of sp³-hybridized carbons (Fsp3) is 0.769. The molecule has 5 heteroatoms. The predicted molar refractivity (Wildman–Crippen MR) is 67.6 cm³/mol. The number of nitrogens with one attached hydrogen (secondary N) is 2. The number of hydrogen-bond acceptors (Lipinski definition) is 3. The molecule has 18 heavy (non-hydrogen) atoms. The summed E-state index contributed by atoms with van der Waals surface area (Å²) in [6, 6.07) is -0.724. The lowest BCUT2D eigenvalue weighted by molar-refractivity contribution is -0.152. The van der Waals surface area contributed by atoms with Crippen LogP contribution in [-0.4, -0.2) is 17.8 Å². The third-order valence-corrected chi connectivity index (χ3v) is 3.95. The van der Waals surface area contributed by atoms with Crippen LogP contribution in [0.2, 0.25) is 0 Å². The molecule has 0 radical (unpaired) electrons. The zero-order chi connectivity index (χ0) is 14.1. The summed E-state index contributed by atoms with van der Waals surface area (Å²) in [7, 11) is 0. The lowest BCUT2D eigenvalue weighted by atomic mass is 9.61. The topological polar surface area (TPSA) is 75.3 Å². The quantitative estimate of drug-likeness (QED) is 0.754. The predicted octanol–water partition coefficient (Wildman–Crippen LogP) is 1.82. The number of imide groups is 2. The molecule has 102 valence electrons. The molecule has 1 fully saturated rings. The molecule has 1 atom stereocenters. The van der Waals surface area contributed by atoms with Crippen LogP contribution in [0.25, 0.3) is 0 Å². The lowest BCUT2D eigenvalue weighted by Crippen LogP contribution is -2.65. The number of carbonyl (C=O) groups excluding carboxylic acids is 3. The summed E-state index contributed by atoms with van der Waals surface area (Å²) in [4.78, 5) is 35.6. The summed E-state index contributed by atoms with van der Waals surface area (Å²) in [6.45, 7) is 9.79. The second kappa shape index (κ2) is 4.71. The van der Waals surface area contributed by atoms with Crippen molar-refractivity contribution in [3.05, 3.63) is 0 Å². The smallest absolute Gasteiger partial charge is 0.277 e. The maximum atomic E-state index is 12.2. The van der Waals surface area contributed by atoms with Gasteiger partial charge in [-0.05, 0) is 17.8 Å². The van der Waals surface area contributed by atoms with E-state index in [0.717, 1.165) is 0 Å². The van der Waals surface area contributed by atoms with E-state index >= 15 is 0 Å². The molecular formula is C13H22N2O3. The number of barbiturate groups is 1. The highest BCUT2D eigenvalue weighted by Crippen LogP contribution is 2.44. The van der Waals surface area contributed by atoms with E-state index in [2.05, 4.69) is 10.6 Å². The van der Waals surface area contributed by atoms with Crippen LogP contribution >= 0.6 is 0 Å². The van der Waals surface area contributed by atoms with Crippen molar-refractivity contribution in [1.29, 1.82) is 0 Å². The van der Waals surface area contributed by atoms with Gasteiger partial charge in [0.1, 0.15) is 5.41 Å². The molecule has 2 N–H and O–H groups in total. The molecule has 4 amide bonds. The third kappa shape index (κ3) is 2.26. The summed E-state index contributed by atoms with van der Waals surface area (Å²) >= 11 is 0. The zero-order valence-electron chi connectivity index (χ0n) is 11.7. The van der Waals surface area contributed by atoms with E-state index in [4.69, 9.17) is 0 Å². The van der Waals surface area contributed by atoms with Crippen LogP contribution in [0.15, 0.2) is 0 Å². The number of amides is 4. The van der Waals surface area contributed by atoms with Crippen LogP contribution in [0.3, 0.4) is 0 Å².